The van der Waals surface area contributed by atoms with Gasteiger partial charge in [0.25, 0.3) is 0 Å². The second-order valence-corrected chi connectivity index (χ2v) is 4.12. The Kier molecular flexibility index (Phi) is 4.41. The fourth-order valence-electron chi connectivity index (χ4n) is 1.70. The molecule has 0 fully saturated rings. The molecule has 0 aliphatic rings. The summed E-state index contributed by atoms with van der Waals surface area (Å²) >= 11 is 0. The third-order valence-corrected chi connectivity index (χ3v) is 2.61. The second-order valence-electron chi connectivity index (χ2n) is 4.12. The Morgan fingerprint density at radius 3 is 2.58 bits per heavy atom. The van der Waals surface area contributed by atoms with Crippen LogP contribution in [0.15, 0.2) is 48.5 Å². The summed E-state index contributed by atoms with van der Waals surface area (Å²) in [6.07, 6.45) is 0. The average molecular weight is 253 g/mol. The number of nitriles is 1. The molecule has 0 saturated heterocycles. The molecule has 0 N–H and O–H groups in total. The van der Waals surface area contributed by atoms with E-state index in [9.17, 15) is 0 Å². The van der Waals surface area contributed by atoms with Crippen LogP contribution in [0.3, 0.4) is 0 Å². The summed E-state index contributed by atoms with van der Waals surface area (Å²) in [5.74, 6) is 1.43. The smallest absolute Gasteiger partial charge is 0.137 e. The Balaban J connectivity index is 1.83. The van der Waals surface area contributed by atoms with E-state index >= 15 is 0 Å². The van der Waals surface area contributed by atoms with Crippen molar-refractivity contribution in [2.45, 2.75) is 6.92 Å². The Labute approximate surface area is 113 Å². The quantitative estimate of drug-likeness (QED) is 0.767. The summed E-state index contributed by atoms with van der Waals surface area (Å²) in [6.45, 7) is 2.88. The van der Waals surface area contributed by atoms with Crippen molar-refractivity contribution < 1.29 is 9.47 Å². The van der Waals surface area contributed by atoms with Gasteiger partial charge in [-0.1, -0.05) is 24.3 Å². The van der Waals surface area contributed by atoms with E-state index < -0.39 is 0 Å². The second kappa shape index (κ2) is 6.46. The van der Waals surface area contributed by atoms with Gasteiger partial charge in [-0.25, -0.2) is 0 Å². The lowest BCUT2D eigenvalue weighted by molar-refractivity contribution is 0.216. The molecule has 0 aliphatic heterocycles. The zero-order valence-corrected chi connectivity index (χ0v) is 10.8. The standard InChI is InChI=1S/C16H15NO2/c1-13-5-4-7-15(11-13)18-9-10-19-16-8-3-2-6-14(16)12-17/h2-8,11H,9-10H2,1H3. The molecule has 0 heterocycles. The van der Waals surface area contributed by atoms with Crippen LogP contribution >= 0.6 is 0 Å². The van der Waals surface area contributed by atoms with E-state index in [-0.39, 0.29) is 0 Å². The first-order valence-electron chi connectivity index (χ1n) is 6.11. The van der Waals surface area contributed by atoms with Crippen LogP contribution in [0.2, 0.25) is 0 Å². The van der Waals surface area contributed by atoms with Crippen molar-refractivity contribution in [2.24, 2.45) is 0 Å². The molecule has 2 aromatic rings. The van der Waals surface area contributed by atoms with Crippen LogP contribution < -0.4 is 9.47 Å². The Morgan fingerprint density at radius 1 is 1.00 bits per heavy atom. The van der Waals surface area contributed by atoms with Crippen LogP contribution in [-0.2, 0) is 0 Å². The third-order valence-electron chi connectivity index (χ3n) is 2.61. The van der Waals surface area contributed by atoms with Gasteiger partial charge in [0, 0.05) is 0 Å². The number of ether oxygens (including phenoxy) is 2. The summed E-state index contributed by atoms with van der Waals surface area (Å²) in [5.41, 5.74) is 1.70. The molecule has 0 radical (unpaired) electrons. The van der Waals surface area contributed by atoms with E-state index in [0.717, 1.165) is 11.3 Å². The Bertz CT molecular complexity index is 587. The number of hydrogen-bond acceptors (Lipinski definition) is 3. The summed E-state index contributed by atoms with van der Waals surface area (Å²) in [7, 11) is 0. The summed E-state index contributed by atoms with van der Waals surface area (Å²) < 4.78 is 11.1. The van der Waals surface area contributed by atoms with Crippen LogP contribution in [0.1, 0.15) is 11.1 Å². The van der Waals surface area contributed by atoms with Gasteiger partial charge in [0.05, 0.1) is 5.56 Å². The van der Waals surface area contributed by atoms with Crippen molar-refractivity contribution in [3.8, 4) is 17.6 Å². The van der Waals surface area contributed by atoms with E-state index in [0.29, 0.717) is 24.5 Å². The zero-order chi connectivity index (χ0) is 13.5. The van der Waals surface area contributed by atoms with Gasteiger partial charge in [-0.05, 0) is 36.8 Å². The molecule has 3 heteroatoms. The molecular formula is C16H15NO2. The minimum Gasteiger partial charge on any atom is -0.490 e. The van der Waals surface area contributed by atoms with E-state index in [2.05, 4.69) is 6.07 Å². The molecular weight excluding hydrogens is 238 g/mol. The highest BCUT2D eigenvalue weighted by Crippen LogP contribution is 2.16. The molecule has 0 amide bonds. The molecule has 0 atom stereocenters. The molecule has 19 heavy (non-hydrogen) atoms. The summed E-state index contributed by atoms with van der Waals surface area (Å²) in [5, 5.41) is 8.92. The van der Waals surface area contributed by atoms with Crippen LogP contribution in [0.25, 0.3) is 0 Å². The van der Waals surface area contributed by atoms with E-state index in [1.165, 1.54) is 0 Å². The van der Waals surface area contributed by atoms with E-state index in [1.807, 2.05) is 43.3 Å². The Morgan fingerprint density at radius 2 is 1.79 bits per heavy atom. The minimum absolute atomic E-state index is 0.409. The lowest BCUT2D eigenvalue weighted by Crippen LogP contribution is -2.09. The highest BCUT2D eigenvalue weighted by Gasteiger charge is 2.01. The normalized spacial score (nSPS) is 9.68. The molecule has 2 rings (SSSR count). The molecule has 0 spiro atoms. The molecule has 0 bridgehead atoms. The minimum atomic E-state index is 0.409. The SMILES string of the molecule is Cc1cccc(OCCOc2ccccc2C#N)c1. The first-order valence-corrected chi connectivity index (χ1v) is 6.11. The van der Waals surface area contributed by atoms with Gasteiger partial charge in [-0.2, -0.15) is 5.26 Å². The van der Waals surface area contributed by atoms with Crippen LogP contribution in [0, 0.1) is 18.3 Å². The van der Waals surface area contributed by atoms with Crippen molar-refractivity contribution >= 4 is 0 Å². The van der Waals surface area contributed by atoms with Gasteiger partial charge in [0.15, 0.2) is 0 Å². The number of para-hydroxylation sites is 1. The summed E-state index contributed by atoms with van der Waals surface area (Å²) in [4.78, 5) is 0. The highest BCUT2D eigenvalue weighted by molar-refractivity contribution is 5.42. The molecule has 2 aromatic carbocycles. The van der Waals surface area contributed by atoms with Crippen LogP contribution in [-0.4, -0.2) is 13.2 Å². The fourth-order valence-corrected chi connectivity index (χ4v) is 1.70. The first-order chi connectivity index (χ1) is 9.29. The number of rotatable bonds is 5. The average Bonchev–Trinajstić information content (AvgIpc) is 2.44. The van der Waals surface area contributed by atoms with E-state index in [1.54, 1.807) is 12.1 Å². The van der Waals surface area contributed by atoms with Crippen LogP contribution in [0.5, 0.6) is 11.5 Å². The van der Waals surface area contributed by atoms with Crippen molar-refractivity contribution in [3.63, 3.8) is 0 Å². The van der Waals surface area contributed by atoms with Crippen molar-refractivity contribution in [1.29, 1.82) is 5.26 Å². The highest BCUT2D eigenvalue weighted by atomic mass is 16.5. The molecule has 0 unspecified atom stereocenters. The summed E-state index contributed by atoms with van der Waals surface area (Å²) in [6, 6.07) is 17.1. The Hall–Kier alpha value is -2.47. The number of nitrogens with zero attached hydrogens (tertiary/aromatic N) is 1. The lowest BCUT2D eigenvalue weighted by atomic mass is 10.2. The molecule has 96 valence electrons. The predicted molar refractivity (Wildman–Crippen MR) is 73.3 cm³/mol. The van der Waals surface area contributed by atoms with Gasteiger partial charge in [-0.15, -0.1) is 0 Å². The third kappa shape index (κ3) is 3.75. The molecule has 3 nitrogen and oxygen atoms in total. The fraction of sp³-hybridized carbons (Fsp3) is 0.188. The van der Waals surface area contributed by atoms with Crippen molar-refractivity contribution in [1.82, 2.24) is 0 Å². The maximum absolute atomic E-state index is 8.92. The number of benzene rings is 2. The van der Waals surface area contributed by atoms with Crippen molar-refractivity contribution in [3.05, 3.63) is 59.7 Å². The van der Waals surface area contributed by atoms with Crippen molar-refractivity contribution in [2.75, 3.05) is 13.2 Å². The van der Waals surface area contributed by atoms with Gasteiger partial charge in [-0.3, -0.25) is 0 Å². The molecule has 0 aliphatic carbocycles. The first kappa shape index (κ1) is 13.0. The predicted octanol–water partition coefficient (Wildman–Crippen LogP) is 3.32. The lowest BCUT2D eigenvalue weighted by Gasteiger charge is -2.09. The molecule has 0 aromatic heterocycles. The van der Waals surface area contributed by atoms with Gasteiger partial charge in [0.1, 0.15) is 30.8 Å². The topological polar surface area (TPSA) is 42.2 Å². The number of aryl methyl sites for hydroxylation is 1. The van der Waals surface area contributed by atoms with Crippen LogP contribution in [0.4, 0.5) is 0 Å². The maximum Gasteiger partial charge on any atom is 0.137 e. The maximum atomic E-state index is 8.92. The van der Waals surface area contributed by atoms with Gasteiger partial charge < -0.3 is 9.47 Å². The van der Waals surface area contributed by atoms with E-state index in [4.69, 9.17) is 14.7 Å². The largest absolute Gasteiger partial charge is 0.490 e. The monoisotopic (exact) mass is 253 g/mol. The van der Waals surface area contributed by atoms with Gasteiger partial charge >= 0.3 is 0 Å². The molecule has 0 saturated carbocycles. The number of hydrogen-bond donors (Lipinski definition) is 0. The van der Waals surface area contributed by atoms with Gasteiger partial charge in [0.2, 0.25) is 0 Å². The zero-order valence-electron chi connectivity index (χ0n) is 10.8.